The minimum Gasteiger partial charge on any atom is -0.508 e. The highest BCUT2D eigenvalue weighted by Gasteiger charge is 2.49. The summed E-state index contributed by atoms with van der Waals surface area (Å²) in [5, 5.41) is 42.7. The molecule has 0 radical (unpaired) electrons. The zero-order chi connectivity index (χ0) is 34.8. The Morgan fingerprint density at radius 3 is 2.59 bits per heavy atom. The quantitative estimate of drug-likeness (QED) is 0.161. The van der Waals surface area contributed by atoms with Crippen molar-refractivity contribution in [1.82, 2.24) is 5.06 Å². The molecule has 6 atom stereocenters. The molecular formula is C35H36N2O12. The van der Waals surface area contributed by atoms with Crippen molar-refractivity contribution in [1.29, 1.82) is 0 Å². The molecule has 1 aromatic heterocycles. The van der Waals surface area contributed by atoms with Crippen LogP contribution in [0.2, 0.25) is 0 Å². The van der Waals surface area contributed by atoms with Gasteiger partial charge in [-0.2, -0.15) is 0 Å². The van der Waals surface area contributed by atoms with E-state index < -0.39 is 55.7 Å². The number of rotatable bonds is 12. The molecule has 3 aliphatic heterocycles. The number of aliphatic hydroxyl groups excluding tert-OH is 2. The van der Waals surface area contributed by atoms with E-state index in [4.69, 9.17) is 28.6 Å². The van der Waals surface area contributed by atoms with Crippen LogP contribution in [0.25, 0.3) is 22.1 Å². The highest BCUT2D eigenvalue weighted by Crippen LogP contribution is 2.34. The van der Waals surface area contributed by atoms with Crippen LogP contribution in [0.15, 0.2) is 87.0 Å². The molecule has 14 nitrogen and oxygen atoms in total. The third kappa shape index (κ3) is 7.37. The summed E-state index contributed by atoms with van der Waals surface area (Å²) >= 11 is 0. The SMILES string of the molecule is CC(C)CCC1C2=NC=CC2=CN1OC1C(Oc2ccc3c(=O)c(-c4ccc(O)cc4)coc3c2)OC(COC(=O)CC(=O)O)C(O)C1O. The molecule has 2 aromatic carbocycles. The Bertz CT molecular complexity index is 1860. The lowest BCUT2D eigenvalue weighted by atomic mass is 9.98. The van der Waals surface area contributed by atoms with Crippen molar-refractivity contribution in [2.75, 3.05) is 6.61 Å². The van der Waals surface area contributed by atoms with Gasteiger partial charge < -0.3 is 39.1 Å². The highest BCUT2D eigenvalue weighted by molar-refractivity contribution is 6.10. The number of aromatic hydroxyl groups is 1. The van der Waals surface area contributed by atoms with Crippen molar-refractivity contribution >= 4 is 28.6 Å². The van der Waals surface area contributed by atoms with E-state index in [0.717, 1.165) is 17.7 Å². The molecule has 49 heavy (non-hydrogen) atoms. The van der Waals surface area contributed by atoms with Crippen LogP contribution in [-0.4, -0.2) is 86.5 Å². The van der Waals surface area contributed by atoms with Crippen LogP contribution in [0.1, 0.15) is 33.1 Å². The average molecular weight is 677 g/mol. The number of carboxylic acid groups (broad SMARTS) is 1. The number of hydrogen-bond acceptors (Lipinski definition) is 13. The van der Waals surface area contributed by atoms with Gasteiger partial charge in [-0.15, -0.1) is 0 Å². The normalized spacial score (nSPS) is 24.6. The number of phenols is 1. The van der Waals surface area contributed by atoms with E-state index in [1.54, 1.807) is 29.6 Å². The van der Waals surface area contributed by atoms with Crippen molar-refractivity contribution in [3.05, 3.63) is 83.0 Å². The number of ether oxygens (including phenoxy) is 3. The average Bonchev–Trinajstić information content (AvgIpc) is 3.64. The molecule has 0 spiro atoms. The molecule has 0 saturated carbocycles. The fourth-order valence-electron chi connectivity index (χ4n) is 5.85. The van der Waals surface area contributed by atoms with E-state index in [-0.39, 0.29) is 33.9 Å². The summed E-state index contributed by atoms with van der Waals surface area (Å²) in [4.78, 5) is 47.0. The van der Waals surface area contributed by atoms with E-state index in [2.05, 4.69) is 18.8 Å². The van der Waals surface area contributed by atoms with Gasteiger partial charge in [0.25, 0.3) is 0 Å². The van der Waals surface area contributed by atoms with Gasteiger partial charge in [0.2, 0.25) is 6.29 Å². The first kappa shape index (κ1) is 33.9. The highest BCUT2D eigenvalue weighted by atomic mass is 16.8. The second-order valence-electron chi connectivity index (χ2n) is 12.4. The molecule has 4 N–H and O–H groups in total. The molecule has 6 rings (SSSR count). The van der Waals surface area contributed by atoms with Crippen LogP contribution in [0.5, 0.6) is 11.5 Å². The number of esters is 1. The number of aliphatic hydroxyl groups is 2. The topological polar surface area (TPSA) is 198 Å². The molecule has 0 aliphatic carbocycles. The van der Waals surface area contributed by atoms with Crippen LogP contribution >= 0.6 is 0 Å². The standard InChI is InChI=1S/C35H36N2O12/c1-18(2)3-10-25-30-20(11-12-36-30)15-37(25)49-34-33(44)32(43)27(17-46-29(41)14-28(39)40)48-35(34)47-22-8-9-23-26(13-22)45-16-24(31(23)42)19-4-6-21(38)7-5-19/h4-9,11-13,15-16,18,25,27,32-35,38,43-44H,3,10,14,17H2,1-2H3,(H,39,40). The van der Waals surface area contributed by atoms with Crippen molar-refractivity contribution < 1.29 is 53.5 Å². The predicted molar refractivity (Wildman–Crippen MR) is 173 cm³/mol. The summed E-state index contributed by atoms with van der Waals surface area (Å²) in [5.74, 6) is -1.82. The Kier molecular flexibility index (Phi) is 9.83. The van der Waals surface area contributed by atoms with E-state index in [1.807, 2.05) is 6.08 Å². The molecule has 6 unspecified atom stereocenters. The lowest BCUT2D eigenvalue weighted by Gasteiger charge is -2.43. The predicted octanol–water partition coefficient (Wildman–Crippen LogP) is 3.28. The summed E-state index contributed by atoms with van der Waals surface area (Å²) < 4.78 is 23.0. The van der Waals surface area contributed by atoms with Gasteiger partial charge in [-0.05, 0) is 54.7 Å². The minimum atomic E-state index is -1.62. The molecule has 258 valence electrons. The first-order valence-electron chi connectivity index (χ1n) is 15.8. The Labute approximate surface area is 280 Å². The molecule has 3 aromatic rings. The first-order valence-corrected chi connectivity index (χ1v) is 15.8. The second kappa shape index (κ2) is 14.2. The Hall–Kier alpha value is -5.02. The maximum atomic E-state index is 13.3. The van der Waals surface area contributed by atoms with Crippen molar-refractivity contribution in [2.24, 2.45) is 10.9 Å². The first-order chi connectivity index (χ1) is 23.5. The van der Waals surface area contributed by atoms with Gasteiger partial charge in [-0.1, -0.05) is 26.0 Å². The second-order valence-corrected chi connectivity index (χ2v) is 12.4. The van der Waals surface area contributed by atoms with Gasteiger partial charge in [0.1, 0.15) is 54.7 Å². The van der Waals surface area contributed by atoms with E-state index >= 15 is 0 Å². The number of carbonyl (C=O) groups excluding carboxylic acids is 1. The molecule has 1 saturated heterocycles. The number of phenolic OH excluding ortho intramolecular Hbond substituents is 1. The lowest BCUT2D eigenvalue weighted by molar-refractivity contribution is -0.330. The number of aliphatic imine (C=N–C) groups is 1. The molecule has 4 heterocycles. The number of aliphatic carboxylic acids is 1. The monoisotopic (exact) mass is 676 g/mol. The number of hydrogen-bond donors (Lipinski definition) is 4. The molecule has 3 aliphatic rings. The van der Waals surface area contributed by atoms with Crippen molar-refractivity contribution in [3.8, 4) is 22.6 Å². The van der Waals surface area contributed by atoms with Gasteiger partial charge in [0, 0.05) is 24.0 Å². The van der Waals surface area contributed by atoms with Crippen LogP contribution in [0.4, 0.5) is 0 Å². The van der Waals surface area contributed by atoms with Crippen LogP contribution < -0.4 is 10.2 Å². The number of carboxylic acids is 1. The van der Waals surface area contributed by atoms with Crippen LogP contribution in [-0.2, 0) is 23.9 Å². The van der Waals surface area contributed by atoms with Gasteiger partial charge in [0.15, 0.2) is 11.5 Å². The Morgan fingerprint density at radius 1 is 1.08 bits per heavy atom. The van der Waals surface area contributed by atoms with Gasteiger partial charge in [0.05, 0.1) is 22.7 Å². The summed E-state index contributed by atoms with van der Waals surface area (Å²) in [5.41, 5.74) is 2.38. The molecule has 0 amide bonds. The number of fused-ring (bicyclic) bond motifs is 2. The minimum absolute atomic E-state index is 0.0575. The van der Waals surface area contributed by atoms with Crippen LogP contribution in [0.3, 0.4) is 0 Å². The van der Waals surface area contributed by atoms with E-state index in [0.29, 0.717) is 23.5 Å². The summed E-state index contributed by atoms with van der Waals surface area (Å²) in [6, 6.07) is 10.3. The summed E-state index contributed by atoms with van der Waals surface area (Å²) in [7, 11) is 0. The van der Waals surface area contributed by atoms with Gasteiger partial charge >= 0.3 is 11.9 Å². The number of benzene rings is 2. The molecule has 1 fully saturated rings. The van der Waals surface area contributed by atoms with Crippen molar-refractivity contribution in [3.63, 3.8) is 0 Å². The third-order valence-corrected chi connectivity index (χ3v) is 8.44. The number of carbonyl (C=O) groups is 2. The van der Waals surface area contributed by atoms with Crippen LogP contribution in [0, 0.1) is 5.92 Å². The smallest absolute Gasteiger partial charge is 0.317 e. The number of allylic oxidation sites excluding steroid dienone is 1. The fraction of sp³-hybridized carbons (Fsp3) is 0.371. The van der Waals surface area contributed by atoms with Gasteiger partial charge in [-0.25, -0.2) is 0 Å². The zero-order valence-corrected chi connectivity index (χ0v) is 26.7. The maximum absolute atomic E-state index is 13.3. The Morgan fingerprint density at radius 2 is 1.86 bits per heavy atom. The Balaban J connectivity index is 1.27. The zero-order valence-electron chi connectivity index (χ0n) is 26.7. The fourth-order valence-corrected chi connectivity index (χ4v) is 5.85. The number of hydroxylamine groups is 2. The van der Waals surface area contributed by atoms with Gasteiger partial charge in [-0.3, -0.25) is 29.3 Å². The summed E-state index contributed by atoms with van der Waals surface area (Å²) in [6.45, 7) is 3.63. The van der Waals surface area contributed by atoms with Crippen molar-refractivity contribution in [2.45, 2.75) is 69.9 Å². The molecule has 14 heteroatoms. The lowest BCUT2D eigenvalue weighted by Crippen LogP contribution is -2.62. The summed E-state index contributed by atoms with van der Waals surface area (Å²) in [6.07, 6.45) is -0.00920. The van der Waals surface area contributed by atoms with E-state index in [9.17, 15) is 29.7 Å². The molecule has 0 bridgehead atoms. The van der Waals surface area contributed by atoms with E-state index in [1.165, 1.54) is 36.6 Å². The molecular weight excluding hydrogens is 640 g/mol. The largest absolute Gasteiger partial charge is 0.508 e. The third-order valence-electron chi connectivity index (χ3n) is 8.44. The number of nitrogens with zero attached hydrogens (tertiary/aromatic N) is 2. The maximum Gasteiger partial charge on any atom is 0.317 e.